The number of ether oxygens (including phenoxy) is 1. The van der Waals surface area contributed by atoms with Crippen LogP contribution in [0.15, 0.2) is 48.9 Å². The Bertz CT molecular complexity index is 1570. The van der Waals surface area contributed by atoms with Gasteiger partial charge in [-0.25, -0.2) is 24.6 Å². The van der Waals surface area contributed by atoms with Crippen molar-refractivity contribution in [3.63, 3.8) is 0 Å². The van der Waals surface area contributed by atoms with Crippen LogP contribution in [-0.2, 0) is 7.05 Å². The second-order valence-corrected chi connectivity index (χ2v) is 9.00. The highest BCUT2D eigenvalue weighted by molar-refractivity contribution is 5.87. The van der Waals surface area contributed by atoms with Crippen molar-refractivity contribution in [1.82, 2.24) is 40.2 Å². The van der Waals surface area contributed by atoms with Crippen molar-refractivity contribution in [1.29, 1.82) is 0 Å². The molecule has 0 saturated carbocycles. The van der Waals surface area contributed by atoms with E-state index in [1.165, 1.54) is 6.33 Å². The third kappa shape index (κ3) is 4.95. The summed E-state index contributed by atoms with van der Waals surface area (Å²) < 4.78 is 7.87. The number of hydrogen-bond acceptors (Lipinski definition) is 10. The lowest BCUT2D eigenvalue weighted by Gasteiger charge is -2.31. The average molecular weight is 519 g/mol. The predicted octanol–water partition coefficient (Wildman–Crippen LogP) is 3.77. The second-order valence-electron chi connectivity index (χ2n) is 9.00. The van der Waals surface area contributed by atoms with E-state index in [0.717, 1.165) is 47.7 Å². The summed E-state index contributed by atoms with van der Waals surface area (Å²) >= 11 is 0. The number of nitrogens with one attached hydrogen (secondary N) is 2. The largest absolute Gasteiger partial charge is 0.457 e. The fraction of sp³-hybridized carbons (Fsp3) is 0.280. The molecule has 0 bridgehead atoms. The van der Waals surface area contributed by atoms with Gasteiger partial charge in [0.25, 0.3) is 0 Å². The molecule has 2 aromatic carbocycles. The van der Waals surface area contributed by atoms with Gasteiger partial charge >= 0.3 is 0 Å². The van der Waals surface area contributed by atoms with Gasteiger partial charge in [-0.3, -0.25) is 0 Å². The maximum atomic E-state index is 6.13. The van der Waals surface area contributed by atoms with Gasteiger partial charge in [0.2, 0.25) is 5.95 Å². The number of anilines is 3. The topological polar surface area (TPSA) is 119 Å². The number of aryl methyl sites for hydroxylation is 2. The maximum Gasteiger partial charge on any atom is 0.226 e. The van der Waals surface area contributed by atoms with Gasteiger partial charge < -0.3 is 20.3 Å². The molecule has 3 aromatic heterocycles. The number of halogens is 1. The van der Waals surface area contributed by atoms with E-state index in [2.05, 4.69) is 47.7 Å². The highest BCUT2D eigenvalue weighted by Gasteiger charge is 2.19. The Hall–Kier alpha value is -4.09. The minimum absolute atomic E-state index is 0. The first-order chi connectivity index (χ1) is 17.5. The molecule has 2 N–H and O–H groups in total. The van der Waals surface area contributed by atoms with Crippen molar-refractivity contribution in [2.45, 2.75) is 19.9 Å². The molecule has 0 spiro atoms. The van der Waals surface area contributed by atoms with Crippen molar-refractivity contribution in [3.8, 4) is 11.5 Å². The van der Waals surface area contributed by atoms with Gasteiger partial charge in [-0.1, -0.05) is 5.21 Å². The first-order valence-electron chi connectivity index (χ1n) is 11.8. The number of aromatic nitrogens is 7. The summed E-state index contributed by atoms with van der Waals surface area (Å²) in [5.41, 5.74) is 4.97. The lowest BCUT2D eigenvalue weighted by Crippen LogP contribution is -2.49. The molecule has 1 fully saturated rings. The van der Waals surface area contributed by atoms with Crippen LogP contribution in [0.1, 0.15) is 12.5 Å². The average Bonchev–Trinajstić information content (AvgIpc) is 3.25. The monoisotopic (exact) mass is 518 g/mol. The predicted molar refractivity (Wildman–Crippen MR) is 145 cm³/mol. The molecule has 12 heteroatoms. The molecule has 1 aliphatic heterocycles. The van der Waals surface area contributed by atoms with E-state index < -0.39 is 0 Å². The van der Waals surface area contributed by atoms with E-state index in [-0.39, 0.29) is 12.4 Å². The molecule has 1 saturated heterocycles. The van der Waals surface area contributed by atoms with E-state index in [0.29, 0.717) is 34.6 Å². The van der Waals surface area contributed by atoms with Gasteiger partial charge in [-0.05, 0) is 49.7 Å². The van der Waals surface area contributed by atoms with Crippen LogP contribution in [0.5, 0.6) is 11.5 Å². The minimum Gasteiger partial charge on any atom is -0.457 e. The Morgan fingerprint density at radius 2 is 1.97 bits per heavy atom. The van der Waals surface area contributed by atoms with Gasteiger partial charge in [0.1, 0.15) is 34.4 Å². The number of nitrogens with zero attached hydrogens (tertiary/aromatic N) is 8. The molecule has 0 aliphatic carbocycles. The van der Waals surface area contributed by atoms with Crippen LogP contribution in [0.3, 0.4) is 0 Å². The van der Waals surface area contributed by atoms with Crippen LogP contribution >= 0.6 is 12.4 Å². The normalized spacial score (nSPS) is 15.5. The zero-order chi connectivity index (χ0) is 24.6. The molecule has 1 atom stereocenters. The summed E-state index contributed by atoms with van der Waals surface area (Å²) in [6, 6.07) is 12.0. The molecule has 1 aliphatic rings. The van der Waals surface area contributed by atoms with Crippen LogP contribution in [0.2, 0.25) is 0 Å². The number of piperazine rings is 1. The molecule has 11 nitrogen and oxygen atoms in total. The summed E-state index contributed by atoms with van der Waals surface area (Å²) in [5, 5.41) is 15.1. The second kappa shape index (κ2) is 10.1. The highest BCUT2D eigenvalue weighted by Crippen LogP contribution is 2.30. The standard InChI is InChI=1S/C25H26N10O.ClH/c1-15-10-17(4-7-22(15)36-18-5-6-21-19(11-18)32-33-34(21)3)30-24-23-20(28-14-29-24)12-27-25(31-23)35-9-8-26-16(2)13-35;/h4-7,10-12,14,16,26H,8-9,13H2,1-3H3,(H,28,29,30);1H/t16-;/m1./s1. The Kier molecular flexibility index (Phi) is 6.72. The Labute approximate surface area is 219 Å². The molecular weight excluding hydrogens is 492 g/mol. The maximum absolute atomic E-state index is 6.13. The Balaban J connectivity index is 0.00000280. The zero-order valence-electron chi connectivity index (χ0n) is 20.7. The summed E-state index contributed by atoms with van der Waals surface area (Å²) in [4.78, 5) is 20.4. The van der Waals surface area contributed by atoms with Gasteiger partial charge in [0.05, 0.1) is 11.7 Å². The number of rotatable bonds is 5. The Morgan fingerprint density at radius 3 is 2.81 bits per heavy atom. The molecule has 6 rings (SSSR count). The van der Waals surface area contributed by atoms with Crippen LogP contribution in [0, 0.1) is 6.92 Å². The van der Waals surface area contributed by atoms with Crippen molar-refractivity contribution in [2.75, 3.05) is 29.9 Å². The molecule has 4 heterocycles. The van der Waals surface area contributed by atoms with Crippen LogP contribution in [-0.4, -0.2) is 60.6 Å². The third-order valence-corrected chi connectivity index (χ3v) is 6.26. The molecule has 0 amide bonds. The van der Waals surface area contributed by atoms with E-state index >= 15 is 0 Å². The lowest BCUT2D eigenvalue weighted by molar-refractivity contribution is 0.479. The first-order valence-corrected chi connectivity index (χ1v) is 11.8. The van der Waals surface area contributed by atoms with E-state index in [4.69, 9.17) is 9.72 Å². The van der Waals surface area contributed by atoms with Gasteiger partial charge in [0.15, 0.2) is 5.82 Å². The Morgan fingerprint density at radius 1 is 1.08 bits per heavy atom. The van der Waals surface area contributed by atoms with Gasteiger partial charge in [0, 0.05) is 44.5 Å². The molecular formula is C25H27ClN10O. The fourth-order valence-corrected chi connectivity index (χ4v) is 4.39. The summed E-state index contributed by atoms with van der Waals surface area (Å²) in [6.07, 6.45) is 3.28. The van der Waals surface area contributed by atoms with Gasteiger partial charge in [-0.2, -0.15) is 0 Å². The van der Waals surface area contributed by atoms with E-state index in [1.807, 2.05) is 50.4 Å². The molecule has 0 unspecified atom stereocenters. The van der Waals surface area contributed by atoms with Crippen molar-refractivity contribution >= 4 is 51.9 Å². The summed E-state index contributed by atoms with van der Waals surface area (Å²) in [6.45, 7) is 6.78. The zero-order valence-corrected chi connectivity index (χ0v) is 21.5. The smallest absolute Gasteiger partial charge is 0.226 e. The third-order valence-electron chi connectivity index (χ3n) is 6.26. The number of fused-ring (bicyclic) bond motifs is 2. The number of benzene rings is 2. The molecule has 5 aromatic rings. The van der Waals surface area contributed by atoms with Gasteiger partial charge in [-0.15, -0.1) is 17.5 Å². The minimum atomic E-state index is 0. The van der Waals surface area contributed by atoms with Crippen LogP contribution in [0.4, 0.5) is 17.5 Å². The quantitative estimate of drug-likeness (QED) is 0.356. The van der Waals surface area contributed by atoms with E-state index in [9.17, 15) is 0 Å². The molecule has 37 heavy (non-hydrogen) atoms. The fourth-order valence-electron chi connectivity index (χ4n) is 4.39. The SMILES string of the molecule is Cc1cc(Nc2ncnc3cnc(N4CCN[C@H](C)C4)nc23)ccc1Oc1ccc2c(c1)nnn2C.Cl. The van der Waals surface area contributed by atoms with Crippen LogP contribution < -0.4 is 20.3 Å². The van der Waals surface area contributed by atoms with Crippen molar-refractivity contribution in [2.24, 2.45) is 7.05 Å². The summed E-state index contributed by atoms with van der Waals surface area (Å²) in [7, 11) is 1.87. The van der Waals surface area contributed by atoms with Crippen molar-refractivity contribution in [3.05, 3.63) is 54.5 Å². The summed E-state index contributed by atoms with van der Waals surface area (Å²) in [5.74, 6) is 2.79. The van der Waals surface area contributed by atoms with Crippen molar-refractivity contribution < 1.29 is 4.74 Å². The highest BCUT2D eigenvalue weighted by atomic mass is 35.5. The first kappa shape index (κ1) is 24.6. The molecule has 0 radical (unpaired) electrons. The van der Waals surface area contributed by atoms with E-state index in [1.54, 1.807) is 10.9 Å². The number of hydrogen-bond donors (Lipinski definition) is 2. The lowest BCUT2D eigenvalue weighted by atomic mass is 10.2. The molecule has 190 valence electrons. The van der Waals surface area contributed by atoms with Crippen LogP contribution in [0.25, 0.3) is 22.1 Å².